The number of aromatic nitrogens is 1. The molecule has 0 aliphatic rings. The molecule has 0 amide bonds. The highest BCUT2D eigenvalue weighted by molar-refractivity contribution is 8.00. The maximum Gasteiger partial charge on any atom is 0.102 e. The predicted molar refractivity (Wildman–Crippen MR) is 75.9 cm³/mol. The van der Waals surface area contributed by atoms with Gasteiger partial charge in [-0.05, 0) is 30.0 Å². The van der Waals surface area contributed by atoms with E-state index in [9.17, 15) is 5.26 Å². The normalized spacial score (nSPS) is 10.0. The van der Waals surface area contributed by atoms with Gasteiger partial charge in [-0.1, -0.05) is 30.8 Å². The van der Waals surface area contributed by atoms with Crippen LogP contribution in [0.1, 0.15) is 12.5 Å². The van der Waals surface area contributed by atoms with E-state index in [4.69, 9.17) is 0 Å². The van der Waals surface area contributed by atoms with Gasteiger partial charge in [0.15, 0.2) is 0 Å². The van der Waals surface area contributed by atoms with Crippen LogP contribution in [0.4, 0.5) is 0 Å². The Hall–Kier alpha value is -1.44. The average molecular weight is 272 g/mol. The van der Waals surface area contributed by atoms with Crippen molar-refractivity contribution < 1.29 is 0 Å². The summed E-state index contributed by atoms with van der Waals surface area (Å²) in [6.45, 7) is 2.09. The number of nitrogens with zero attached hydrogens (tertiary/aromatic N) is 2. The number of nitriles is 1. The second-order valence-corrected chi connectivity index (χ2v) is 5.81. The minimum atomic E-state index is 0.750. The SMILES string of the molecule is CCSc1cccc(Sc2ccccn2)c1C#N. The standard InChI is InChI=1S/C14H12N2S2/c1-2-17-12-6-5-7-13(11(12)10-15)18-14-8-3-4-9-16-14/h3-9H,2H2,1H3. The van der Waals surface area contributed by atoms with Crippen LogP contribution in [0, 0.1) is 11.3 Å². The Labute approximate surface area is 115 Å². The van der Waals surface area contributed by atoms with E-state index < -0.39 is 0 Å². The number of rotatable bonds is 4. The summed E-state index contributed by atoms with van der Waals surface area (Å²) in [4.78, 5) is 6.28. The van der Waals surface area contributed by atoms with Crippen molar-refractivity contribution in [3.8, 4) is 6.07 Å². The highest BCUT2D eigenvalue weighted by atomic mass is 32.2. The summed E-state index contributed by atoms with van der Waals surface area (Å²) in [6.07, 6.45) is 1.76. The summed E-state index contributed by atoms with van der Waals surface area (Å²) in [7, 11) is 0. The summed E-state index contributed by atoms with van der Waals surface area (Å²) < 4.78 is 0. The molecule has 4 heteroatoms. The van der Waals surface area contributed by atoms with Crippen LogP contribution < -0.4 is 0 Å². The van der Waals surface area contributed by atoms with Gasteiger partial charge in [-0.25, -0.2) is 4.98 Å². The Morgan fingerprint density at radius 1 is 1.17 bits per heavy atom. The summed E-state index contributed by atoms with van der Waals surface area (Å²) in [6, 6.07) is 14.0. The van der Waals surface area contributed by atoms with E-state index in [0.717, 1.165) is 26.1 Å². The van der Waals surface area contributed by atoms with Gasteiger partial charge in [-0.15, -0.1) is 11.8 Å². The molecule has 0 bridgehead atoms. The van der Waals surface area contributed by atoms with Crippen molar-refractivity contribution in [2.24, 2.45) is 0 Å². The topological polar surface area (TPSA) is 36.7 Å². The zero-order valence-corrected chi connectivity index (χ0v) is 11.6. The molecule has 2 aromatic rings. The van der Waals surface area contributed by atoms with E-state index in [2.05, 4.69) is 18.0 Å². The minimum Gasteiger partial charge on any atom is -0.250 e. The van der Waals surface area contributed by atoms with Crippen molar-refractivity contribution in [3.05, 3.63) is 48.2 Å². The van der Waals surface area contributed by atoms with E-state index in [1.165, 1.54) is 11.8 Å². The van der Waals surface area contributed by atoms with Crippen molar-refractivity contribution in [1.82, 2.24) is 4.98 Å². The first-order valence-corrected chi connectivity index (χ1v) is 7.40. The molecule has 0 fully saturated rings. The van der Waals surface area contributed by atoms with Gasteiger partial charge in [0.2, 0.25) is 0 Å². The molecule has 90 valence electrons. The highest BCUT2D eigenvalue weighted by Crippen LogP contribution is 2.33. The molecule has 0 unspecified atom stereocenters. The Morgan fingerprint density at radius 2 is 2.00 bits per heavy atom. The Bertz CT molecular complexity index is 562. The third kappa shape index (κ3) is 3.06. The van der Waals surface area contributed by atoms with Gasteiger partial charge < -0.3 is 0 Å². The highest BCUT2D eigenvalue weighted by Gasteiger charge is 2.09. The zero-order valence-electron chi connectivity index (χ0n) is 9.96. The molecular formula is C14H12N2S2. The van der Waals surface area contributed by atoms with E-state index in [1.54, 1.807) is 18.0 Å². The van der Waals surface area contributed by atoms with E-state index in [1.807, 2.05) is 36.4 Å². The van der Waals surface area contributed by atoms with Crippen molar-refractivity contribution in [3.63, 3.8) is 0 Å². The predicted octanol–water partition coefficient (Wildman–Crippen LogP) is 4.22. The molecule has 0 saturated heterocycles. The quantitative estimate of drug-likeness (QED) is 0.781. The third-order valence-electron chi connectivity index (χ3n) is 2.25. The minimum absolute atomic E-state index is 0.750. The van der Waals surface area contributed by atoms with Crippen LogP contribution in [0.15, 0.2) is 57.4 Å². The van der Waals surface area contributed by atoms with Gasteiger partial charge in [0, 0.05) is 16.0 Å². The van der Waals surface area contributed by atoms with Crippen LogP contribution in [-0.4, -0.2) is 10.7 Å². The number of hydrogen-bond acceptors (Lipinski definition) is 4. The molecule has 0 atom stereocenters. The monoisotopic (exact) mass is 272 g/mol. The van der Waals surface area contributed by atoms with Gasteiger partial charge in [0.05, 0.1) is 5.56 Å². The first-order chi connectivity index (χ1) is 8.85. The van der Waals surface area contributed by atoms with E-state index in [-0.39, 0.29) is 0 Å². The fourth-order valence-electron chi connectivity index (χ4n) is 1.50. The van der Waals surface area contributed by atoms with Crippen LogP contribution in [0.5, 0.6) is 0 Å². The number of pyridine rings is 1. The lowest BCUT2D eigenvalue weighted by atomic mass is 10.2. The molecule has 1 aromatic carbocycles. The molecule has 1 aromatic heterocycles. The molecule has 2 nitrogen and oxygen atoms in total. The van der Waals surface area contributed by atoms with Crippen LogP contribution in [0.2, 0.25) is 0 Å². The molecule has 0 aliphatic heterocycles. The lowest BCUT2D eigenvalue weighted by Crippen LogP contribution is -1.87. The van der Waals surface area contributed by atoms with E-state index >= 15 is 0 Å². The Morgan fingerprint density at radius 3 is 2.67 bits per heavy atom. The summed E-state index contributed by atoms with van der Waals surface area (Å²) in [5.74, 6) is 0.965. The largest absolute Gasteiger partial charge is 0.250 e. The maximum absolute atomic E-state index is 9.31. The maximum atomic E-state index is 9.31. The van der Waals surface area contributed by atoms with Gasteiger partial charge in [0.1, 0.15) is 11.1 Å². The van der Waals surface area contributed by atoms with Crippen LogP contribution >= 0.6 is 23.5 Å². The first-order valence-electron chi connectivity index (χ1n) is 5.60. The summed E-state index contributed by atoms with van der Waals surface area (Å²) >= 11 is 3.23. The van der Waals surface area contributed by atoms with Crippen LogP contribution in [0.25, 0.3) is 0 Å². The average Bonchev–Trinajstić information content (AvgIpc) is 2.41. The Kier molecular flexibility index (Phi) is 4.68. The molecule has 0 N–H and O–H groups in total. The lowest BCUT2D eigenvalue weighted by Gasteiger charge is -2.07. The molecule has 0 spiro atoms. The Balaban J connectivity index is 2.34. The van der Waals surface area contributed by atoms with Crippen molar-refractivity contribution in [1.29, 1.82) is 5.26 Å². The molecule has 1 heterocycles. The zero-order chi connectivity index (χ0) is 12.8. The second kappa shape index (κ2) is 6.48. The first kappa shape index (κ1) is 13.0. The summed E-state index contributed by atoms with van der Waals surface area (Å²) in [5, 5.41) is 10.2. The summed E-state index contributed by atoms with van der Waals surface area (Å²) in [5.41, 5.74) is 0.750. The fraction of sp³-hybridized carbons (Fsp3) is 0.143. The molecule has 18 heavy (non-hydrogen) atoms. The fourth-order valence-corrected chi connectivity index (χ4v) is 3.24. The molecule has 0 aliphatic carbocycles. The van der Waals surface area contributed by atoms with Crippen LogP contribution in [0.3, 0.4) is 0 Å². The molecule has 0 radical (unpaired) electrons. The lowest BCUT2D eigenvalue weighted by molar-refractivity contribution is 1.13. The smallest absolute Gasteiger partial charge is 0.102 e. The molecule has 0 saturated carbocycles. The van der Waals surface area contributed by atoms with Gasteiger partial charge in [-0.3, -0.25) is 0 Å². The molecular weight excluding hydrogens is 260 g/mol. The van der Waals surface area contributed by atoms with E-state index in [0.29, 0.717) is 0 Å². The van der Waals surface area contributed by atoms with Crippen molar-refractivity contribution in [2.45, 2.75) is 21.7 Å². The third-order valence-corrected chi connectivity index (χ3v) is 4.20. The van der Waals surface area contributed by atoms with Gasteiger partial charge in [-0.2, -0.15) is 5.26 Å². The molecule has 2 rings (SSSR count). The van der Waals surface area contributed by atoms with Crippen LogP contribution in [-0.2, 0) is 0 Å². The number of thioether (sulfide) groups is 1. The second-order valence-electron chi connectivity index (χ2n) is 3.44. The number of benzene rings is 1. The van der Waals surface area contributed by atoms with Crippen molar-refractivity contribution in [2.75, 3.05) is 5.75 Å². The van der Waals surface area contributed by atoms with Gasteiger partial charge in [0.25, 0.3) is 0 Å². The van der Waals surface area contributed by atoms with Gasteiger partial charge >= 0.3 is 0 Å². The van der Waals surface area contributed by atoms with Crippen molar-refractivity contribution >= 4 is 23.5 Å². The number of hydrogen-bond donors (Lipinski definition) is 0.